The second-order valence-electron chi connectivity index (χ2n) is 9.30. The van der Waals surface area contributed by atoms with E-state index in [0.29, 0.717) is 42.4 Å². The lowest BCUT2D eigenvalue weighted by Crippen LogP contribution is -2.47. The second-order valence-corrected chi connectivity index (χ2v) is 9.74. The van der Waals surface area contributed by atoms with Gasteiger partial charge in [-0.3, -0.25) is 4.79 Å². The van der Waals surface area contributed by atoms with Crippen LogP contribution in [0.5, 0.6) is 5.75 Å². The number of likely N-dealkylation sites (tertiary alicyclic amines) is 1. The van der Waals surface area contributed by atoms with E-state index in [4.69, 9.17) is 25.8 Å². The van der Waals surface area contributed by atoms with E-state index >= 15 is 0 Å². The average molecular weight is 532 g/mol. The molecule has 0 saturated carbocycles. The lowest BCUT2D eigenvalue weighted by atomic mass is 10.1. The predicted molar refractivity (Wildman–Crippen MR) is 140 cm³/mol. The zero-order valence-corrected chi connectivity index (χ0v) is 22.2. The van der Waals surface area contributed by atoms with Crippen molar-refractivity contribution in [1.82, 2.24) is 15.5 Å². The number of benzene rings is 2. The fourth-order valence-corrected chi connectivity index (χ4v) is 3.99. The molecule has 0 aliphatic carbocycles. The van der Waals surface area contributed by atoms with Gasteiger partial charge in [0.1, 0.15) is 5.75 Å². The number of piperidine rings is 1. The number of likely N-dealkylation sites (N-methyl/N-ethyl adjacent to an activating group) is 1. The Morgan fingerprint density at radius 3 is 2.43 bits per heavy atom. The van der Waals surface area contributed by atoms with Gasteiger partial charge < -0.3 is 29.7 Å². The number of amides is 2. The van der Waals surface area contributed by atoms with Crippen LogP contribution in [-0.2, 0) is 20.7 Å². The number of esters is 1. The van der Waals surface area contributed by atoms with Gasteiger partial charge in [-0.05, 0) is 82.1 Å². The second kappa shape index (κ2) is 13.3. The van der Waals surface area contributed by atoms with Crippen molar-refractivity contribution in [2.75, 3.05) is 33.5 Å². The van der Waals surface area contributed by atoms with E-state index in [1.54, 1.807) is 55.1 Å². The van der Waals surface area contributed by atoms with E-state index in [0.717, 1.165) is 18.4 Å². The summed E-state index contributed by atoms with van der Waals surface area (Å²) in [6.45, 7) is 4.32. The summed E-state index contributed by atoms with van der Waals surface area (Å²) in [5.41, 5.74) is 0.253. The molecule has 2 aromatic carbocycles. The molecule has 2 N–H and O–H groups in total. The Morgan fingerprint density at radius 1 is 1.05 bits per heavy atom. The molecule has 1 aliphatic heterocycles. The molecule has 1 aliphatic rings. The number of hydrogen-bond donors (Lipinski definition) is 2. The van der Waals surface area contributed by atoms with Gasteiger partial charge in [-0.25, -0.2) is 9.59 Å². The molecule has 0 bridgehead atoms. The van der Waals surface area contributed by atoms with Crippen molar-refractivity contribution in [2.24, 2.45) is 0 Å². The maximum Gasteiger partial charge on any atom is 0.412 e. The Hall–Kier alpha value is -3.30. The van der Waals surface area contributed by atoms with E-state index in [-0.39, 0.29) is 11.9 Å². The average Bonchev–Trinajstić information content (AvgIpc) is 2.89. The van der Waals surface area contributed by atoms with Crippen molar-refractivity contribution in [3.8, 4) is 5.75 Å². The maximum atomic E-state index is 12.5. The first-order valence-electron chi connectivity index (χ1n) is 12.3. The summed E-state index contributed by atoms with van der Waals surface area (Å²) in [5, 5.41) is 6.61. The molecular formula is C27H34ClN3O6. The van der Waals surface area contributed by atoms with Gasteiger partial charge in [-0.1, -0.05) is 23.7 Å². The molecular weight excluding hydrogens is 498 g/mol. The number of nitrogens with one attached hydrogen (secondary N) is 2. The maximum absolute atomic E-state index is 12.5. The highest BCUT2D eigenvalue weighted by Gasteiger charge is 2.32. The summed E-state index contributed by atoms with van der Waals surface area (Å²) in [6.07, 6.45) is 2.01. The van der Waals surface area contributed by atoms with Gasteiger partial charge in [0.05, 0.1) is 0 Å². The molecule has 1 heterocycles. The molecule has 2 amide bonds. The Balaban J connectivity index is 1.39. The van der Waals surface area contributed by atoms with Gasteiger partial charge >= 0.3 is 12.1 Å². The topological polar surface area (TPSA) is 106 Å². The lowest BCUT2D eigenvalue weighted by Gasteiger charge is -2.31. The third-order valence-corrected chi connectivity index (χ3v) is 6.31. The molecule has 0 radical (unpaired) electrons. The molecule has 3 rings (SSSR count). The molecule has 10 heteroatoms. The van der Waals surface area contributed by atoms with Crippen molar-refractivity contribution in [2.45, 2.75) is 44.8 Å². The van der Waals surface area contributed by atoms with Crippen LogP contribution in [-0.4, -0.2) is 68.0 Å². The largest absolute Gasteiger partial charge is 0.476 e. The molecule has 2 aromatic rings. The van der Waals surface area contributed by atoms with Gasteiger partial charge in [-0.2, -0.15) is 0 Å². The lowest BCUT2D eigenvalue weighted by molar-refractivity contribution is -0.168. The van der Waals surface area contributed by atoms with Crippen molar-refractivity contribution >= 4 is 29.6 Å². The summed E-state index contributed by atoms with van der Waals surface area (Å²) >= 11 is 5.85. The van der Waals surface area contributed by atoms with Crippen LogP contribution in [0.1, 0.15) is 42.6 Å². The van der Waals surface area contributed by atoms with Crippen LogP contribution >= 0.6 is 11.6 Å². The summed E-state index contributed by atoms with van der Waals surface area (Å²) in [6, 6.07) is 14.2. The van der Waals surface area contributed by atoms with Crippen LogP contribution in [0.4, 0.5) is 4.79 Å². The summed E-state index contributed by atoms with van der Waals surface area (Å²) < 4.78 is 16.1. The highest BCUT2D eigenvalue weighted by molar-refractivity contribution is 6.30. The fourth-order valence-electron chi connectivity index (χ4n) is 3.86. The van der Waals surface area contributed by atoms with E-state index in [9.17, 15) is 14.4 Å². The number of hydrogen-bond acceptors (Lipinski definition) is 7. The van der Waals surface area contributed by atoms with Crippen LogP contribution in [0.25, 0.3) is 0 Å². The van der Waals surface area contributed by atoms with Gasteiger partial charge in [-0.15, -0.1) is 0 Å². The van der Waals surface area contributed by atoms with E-state index in [2.05, 4.69) is 10.6 Å². The molecule has 37 heavy (non-hydrogen) atoms. The molecule has 9 nitrogen and oxygen atoms in total. The Labute approximate surface area is 222 Å². The van der Waals surface area contributed by atoms with Gasteiger partial charge in [0.15, 0.2) is 5.60 Å². The van der Waals surface area contributed by atoms with Gasteiger partial charge in [0.2, 0.25) is 6.79 Å². The first-order valence-corrected chi connectivity index (χ1v) is 12.6. The highest BCUT2D eigenvalue weighted by atomic mass is 35.5. The molecule has 1 saturated heterocycles. The van der Waals surface area contributed by atoms with Crippen LogP contribution in [0.3, 0.4) is 0 Å². The molecule has 200 valence electrons. The van der Waals surface area contributed by atoms with Gasteiger partial charge in [0.25, 0.3) is 5.91 Å². The molecule has 1 fully saturated rings. The van der Waals surface area contributed by atoms with Crippen molar-refractivity contribution in [3.63, 3.8) is 0 Å². The van der Waals surface area contributed by atoms with Crippen LogP contribution < -0.4 is 15.4 Å². The van der Waals surface area contributed by atoms with Crippen LogP contribution in [0.2, 0.25) is 5.02 Å². The number of carbonyl (C=O) groups is 3. The zero-order chi connectivity index (χ0) is 26.8. The third kappa shape index (κ3) is 8.65. The van der Waals surface area contributed by atoms with Crippen molar-refractivity contribution in [1.29, 1.82) is 0 Å². The standard InChI is InChI=1S/C27H34ClN3O6/c1-27(2,25(33)35-18-36-26(34)31-16-4-5-22(17-31)29-3)37-23-12-6-19(7-13-23)14-15-30-24(32)20-8-10-21(28)11-9-20/h6-13,22,29H,4-5,14-18H2,1-3H3,(H,30,32)/t22-/m1/s1. The fraction of sp³-hybridized carbons (Fsp3) is 0.444. The van der Waals surface area contributed by atoms with Crippen molar-refractivity contribution < 1.29 is 28.6 Å². The van der Waals surface area contributed by atoms with E-state index in [1.165, 1.54) is 0 Å². The number of halogens is 1. The summed E-state index contributed by atoms with van der Waals surface area (Å²) in [7, 11) is 1.86. The molecule has 0 spiro atoms. The first-order chi connectivity index (χ1) is 17.7. The monoisotopic (exact) mass is 531 g/mol. The smallest absolute Gasteiger partial charge is 0.412 e. The highest BCUT2D eigenvalue weighted by Crippen LogP contribution is 2.21. The van der Waals surface area contributed by atoms with Crippen molar-refractivity contribution in [3.05, 3.63) is 64.7 Å². The van der Waals surface area contributed by atoms with Crippen LogP contribution in [0.15, 0.2) is 48.5 Å². The Bertz CT molecular complexity index is 1060. The zero-order valence-electron chi connectivity index (χ0n) is 21.4. The Morgan fingerprint density at radius 2 is 1.76 bits per heavy atom. The molecule has 0 unspecified atom stereocenters. The normalized spacial score (nSPS) is 15.6. The number of nitrogens with zero attached hydrogens (tertiary/aromatic N) is 1. The molecule has 1 atom stereocenters. The van der Waals surface area contributed by atoms with Gasteiger partial charge in [0, 0.05) is 36.3 Å². The minimum atomic E-state index is -1.29. The van der Waals surface area contributed by atoms with Crippen LogP contribution in [0, 0.1) is 0 Å². The van der Waals surface area contributed by atoms with E-state index < -0.39 is 24.5 Å². The molecule has 0 aromatic heterocycles. The minimum Gasteiger partial charge on any atom is -0.476 e. The number of rotatable bonds is 10. The summed E-state index contributed by atoms with van der Waals surface area (Å²) in [4.78, 5) is 38.5. The third-order valence-electron chi connectivity index (χ3n) is 6.05. The van der Waals surface area contributed by atoms with E-state index in [1.807, 2.05) is 19.2 Å². The predicted octanol–water partition coefficient (Wildman–Crippen LogP) is 3.79. The summed E-state index contributed by atoms with van der Waals surface area (Å²) in [5.74, 6) is -0.332. The SMILES string of the molecule is CN[C@@H]1CCCN(C(=O)OCOC(=O)C(C)(C)Oc2ccc(CCNC(=O)c3ccc(Cl)cc3)cc2)C1. The number of ether oxygens (including phenoxy) is 3. The first kappa shape index (κ1) is 28.3. The number of carbonyl (C=O) groups excluding carboxylic acids is 3. The minimum absolute atomic E-state index is 0.166. The quantitative estimate of drug-likeness (QED) is 0.355. The Kier molecular flexibility index (Phi) is 10.2.